The van der Waals surface area contributed by atoms with Crippen LogP contribution in [0.15, 0.2) is 6.07 Å². The molecule has 4 rings (SSSR count). The Morgan fingerprint density at radius 3 is 2.32 bits per heavy atom. The molecule has 0 heterocycles. The van der Waals surface area contributed by atoms with Crippen LogP contribution in [0.5, 0.6) is 5.75 Å². The second kappa shape index (κ2) is 10.6. The summed E-state index contributed by atoms with van der Waals surface area (Å²) < 4.78 is 0. The maximum atomic E-state index is 13.9. The van der Waals surface area contributed by atoms with E-state index in [1.165, 1.54) is 11.0 Å². The first-order chi connectivity index (χ1) is 18.9. The number of halogens is 1. The fourth-order valence-corrected chi connectivity index (χ4v) is 7.40. The molecule has 224 valence electrons. The number of aliphatic hydroxyl groups is 1. The summed E-state index contributed by atoms with van der Waals surface area (Å²) in [5.74, 6) is -10.8. The monoisotopic (exact) mass is 589 g/mol. The molecule has 0 aromatic heterocycles. The third-order valence-corrected chi connectivity index (χ3v) is 10.1. The van der Waals surface area contributed by atoms with Gasteiger partial charge in [-0.3, -0.25) is 33.8 Å². The number of hydrogen-bond donors (Lipinski definition) is 3. The number of carbonyl (C=O) groups excluding carboxylic acids is 5. The van der Waals surface area contributed by atoms with Crippen LogP contribution in [0.1, 0.15) is 62.5 Å². The van der Waals surface area contributed by atoms with Crippen molar-refractivity contribution in [3.8, 4) is 5.75 Å². The van der Waals surface area contributed by atoms with Crippen molar-refractivity contribution in [2.24, 2.45) is 34.8 Å². The topological polar surface area (TPSA) is 158 Å². The van der Waals surface area contributed by atoms with E-state index < -0.39 is 64.4 Å². The molecule has 10 nitrogen and oxygen atoms in total. The number of phenols is 1. The standard InChI is InChI=1S/C30H40ClN3O7/c1-8-34(13(2)29(3,4)5)12-15-11-18(35)20-16(22(15)31)9-14-10-17-23(33(6)7)25(37)21(28(32)40)27(39)30(17,41)26(38)19(14)24(20)36/h11,13-14,17,19,21,23,35,41H,8-10,12H2,1-7H3,(H2,32,40)/t13-,14+,17+,19?,21?,23+,30+/m1/s1. The molecule has 1 aromatic carbocycles. The zero-order valence-electron chi connectivity index (χ0n) is 24.7. The molecule has 1 amide bonds. The van der Waals surface area contributed by atoms with Gasteiger partial charge in [-0.15, -0.1) is 0 Å². The highest BCUT2D eigenvalue weighted by molar-refractivity contribution is 6.34. The van der Waals surface area contributed by atoms with Crippen LogP contribution in [0.2, 0.25) is 5.02 Å². The number of rotatable bonds is 6. The van der Waals surface area contributed by atoms with Gasteiger partial charge in [0.1, 0.15) is 5.75 Å². The van der Waals surface area contributed by atoms with E-state index in [2.05, 4.69) is 32.6 Å². The number of fused-ring (bicyclic) bond motifs is 3. The van der Waals surface area contributed by atoms with E-state index in [4.69, 9.17) is 17.3 Å². The van der Waals surface area contributed by atoms with E-state index in [9.17, 15) is 34.2 Å². The van der Waals surface area contributed by atoms with Gasteiger partial charge in [0.15, 0.2) is 34.7 Å². The molecule has 0 spiro atoms. The quantitative estimate of drug-likeness (QED) is 0.420. The number of benzene rings is 1. The second-order valence-corrected chi connectivity index (χ2v) is 13.5. The Balaban J connectivity index is 1.79. The van der Waals surface area contributed by atoms with Crippen LogP contribution in [0, 0.1) is 29.1 Å². The summed E-state index contributed by atoms with van der Waals surface area (Å²) in [5.41, 5.74) is 3.54. The third-order valence-electron chi connectivity index (χ3n) is 9.65. The zero-order valence-corrected chi connectivity index (χ0v) is 25.4. The molecule has 41 heavy (non-hydrogen) atoms. The highest BCUT2D eigenvalue weighted by Gasteiger charge is 2.69. The second-order valence-electron chi connectivity index (χ2n) is 13.1. The number of amides is 1. The molecule has 2 unspecified atom stereocenters. The van der Waals surface area contributed by atoms with Crippen LogP contribution in [-0.2, 0) is 32.1 Å². The summed E-state index contributed by atoms with van der Waals surface area (Å²) in [6, 6.07) is 0.469. The molecule has 2 saturated carbocycles. The Labute approximate surface area is 245 Å². The minimum Gasteiger partial charge on any atom is -0.507 e. The van der Waals surface area contributed by atoms with Crippen LogP contribution in [0.4, 0.5) is 0 Å². The molecule has 1 aromatic rings. The lowest BCUT2D eigenvalue weighted by Crippen LogP contribution is -2.74. The van der Waals surface area contributed by atoms with Gasteiger partial charge in [0.25, 0.3) is 0 Å². The highest BCUT2D eigenvalue weighted by Crippen LogP contribution is 2.52. The predicted molar refractivity (Wildman–Crippen MR) is 151 cm³/mol. The van der Waals surface area contributed by atoms with Gasteiger partial charge in [0, 0.05) is 23.5 Å². The fourth-order valence-electron chi connectivity index (χ4n) is 7.11. The summed E-state index contributed by atoms with van der Waals surface area (Å²) in [7, 11) is 3.10. The van der Waals surface area contributed by atoms with E-state index in [0.717, 1.165) is 6.54 Å². The number of ketones is 4. The Morgan fingerprint density at radius 1 is 1.20 bits per heavy atom. The van der Waals surface area contributed by atoms with E-state index in [0.29, 0.717) is 22.7 Å². The first kappa shape index (κ1) is 31.3. The molecule has 0 saturated heterocycles. The van der Waals surface area contributed by atoms with E-state index in [1.54, 1.807) is 14.1 Å². The summed E-state index contributed by atoms with van der Waals surface area (Å²) >= 11 is 6.90. The van der Waals surface area contributed by atoms with Crippen molar-refractivity contribution < 1.29 is 34.2 Å². The van der Waals surface area contributed by atoms with Crippen molar-refractivity contribution in [3.63, 3.8) is 0 Å². The molecule has 0 radical (unpaired) electrons. The first-order valence-electron chi connectivity index (χ1n) is 14.0. The number of likely N-dealkylation sites (N-methyl/N-ethyl adjacent to an activating group) is 1. The number of phenolic OH excluding ortho intramolecular Hbond substituents is 1. The molecular weight excluding hydrogens is 550 g/mol. The Bertz CT molecular complexity index is 1340. The van der Waals surface area contributed by atoms with E-state index in [1.807, 2.05) is 6.92 Å². The average molecular weight is 590 g/mol. The maximum Gasteiger partial charge on any atom is 0.235 e. The van der Waals surface area contributed by atoms with E-state index >= 15 is 0 Å². The van der Waals surface area contributed by atoms with Gasteiger partial charge in [-0.1, -0.05) is 39.3 Å². The molecule has 0 aliphatic heterocycles. The number of hydrogen-bond acceptors (Lipinski definition) is 9. The molecule has 4 N–H and O–H groups in total. The molecule has 3 aliphatic carbocycles. The number of Topliss-reactive ketones (excluding diaryl/α,β-unsaturated/α-hetero) is 4. The lowest BCUT2D eigenvalue weighted by atomic mass is 9.52. The van der Waals surface area contributed by atoms with Gasteiger partial charge >= 0.3 is 0 Å². The zero-order chi connectivity index (χ0) is 30.9. The molecule has 0 bridgehead atoms. The van der Waals surface area contributed by atoms with E-state index in [-0.39, 0.29) is 35.6 Å². The van der Waals surface area contributed by atoms with Gasteiger partial charge in [-0.2, -0.15) is 0 Å². The van der Waals surface area contributed by atoms with Crippen LogP contribution in [-0.4, -0.2) is 87.4 Å². The summed E-state index contributed by atoms with van der Waals surface area (Å²) in [4.78, 5) is 70.1. The minimum absolute atomic E-state index is 0.0205. The Hall–Kier alpha value is -2.66. The van der Waals surface area contributed by atoms with Crippen LogP contribution < -0.4 is 5.73 Å². The third kappa shape index (κ3) is 4.73. The SMILES string of the molecule is CCN(Cc1cc(O)c2c(c1Cl)C[C@H]1C[C@H]3[C@H](N(C)C)C(=O)C(C(N)=O)C(=O)[C@@]3(O)C(=O)C1C2=O)[C@H](C)C(C)(C)C. The average Bonchev–Trinajstić information content (AvgIpc) is 2.85. The highest BCUT2D eigenvalue weighted by atomic mass is 35.5. The molecular formula is C30H40ClN3O7. The smallest absolute Gasteiger partial charge is 0.235 e. The van der Waals surface area contributed by atoms with Gasteiger partial charge in [-0.25, -0.2) is 0 Å². The van der Waals surface area contributed by atoms with Crippen molar-refractivity contribution in [2.45, 2.75) is 71.7 Å². The van der Waals surface area contributed by atoms with Gasteiger partial charge < -0.3 is 15.9 Å². The van der Waals surface area contributed by atoms with Crippen molar-refractivity contribution in [2.75, 3.05) is 20.6 Å². The largest absolute Gasteiger partial charge is 0.507 e. The lowest BCUT2D eigenvalue weighted by molar-refractivity contribution is -0.181. The molecule has 11 heteroatoms. The predicted octanol–water partition coefficient (Wildman–Crippen LogP) is 1.78. The minimum atomic E-state index is -2.75. The Morgan fingerprint density at radius 2 is 1.80 bits per heavy atom. The van der Waals surface area contributed by atoms with Crippen molar-refractivity contribution >= 4 is 40.6 Å². The molecule has 2 fully saturated rings. The first-order valence-corrected chi connectivity index (χ1v) is 14.4. The number of primary amides is 1. The van der Waals surface area contributed by atoms with Crippen molar-refractivity contribution in [1.82, 2.24) is 9.80 Å². The number of nitrogens with two attached hydrogens (primary N) is 1. The van der Waals surface area contributed by atoms with Gasteiger partial charge in [-0.05, 0) is 68.9 Å². The number of nitrogens with zero attached hydrogens (tertiary/aromatic N) is 2. The fraction of sp³-hybridized carbons (Fsp3) is 0.633. The van der Waals surface area contributed by atoms with Crippen LogP contribution in [0.3, 0.4) is 0 Å². The normalized spacial score (nSPS) is 30.8. The van der Waals surface area contributed by atoms with Gasteiger partial charge in [0.2, 0.25) is 5.91 Å². The maximum absolute atomic E-state index is 13.9. The van der Waals surface area contributed by atoms with Crippen molar-refractivity contribution in [1.29, 1.82) is 0 Å². The molecule has 7 atom stereocenters. The van der Waals surface area contributed by atoms with Gasteiger partial charge in [0.05, 0.1) is 17.5 Å². The summed E-state index contributed by atoms with van der Waals surface area (Å²) in [6.07, 6.45) is 0.111. The number of aromatic hydroxyl groups is 1. The summed E-state index contributed by atoms with van der Waals surface area (Å²) in [5, 5.41) is 23.0. The van der Waals surface area contributed by atoms with Crippen molar-refractivity contribution in [3.05, 3.63) is 27.8 Å². The lowest BCUT2D eigenvalue weighted by Gasteiger charge is -2.52. The molecule has 3 aliphatic rings. The number of carbonyl (C=O) groups is 5. The Kier molecular flexibility index (Phi) is 8.06. The summed E-state index contributed by atoms with van der Waals surface area (Å²) in [6.45, 7) is 11.7. The van der Waals surface area contributed by atoms with Crippen LogP contribution >= 0.6 is 11.6 Å². The van der Waals surface area contributed by atoms with Crippen LogP contribution in [0.25, 0.3) is 0 Å².